The summed E-state index contributed by atoms with van der Waals surface area (Å²) in [5, 5.41) is 23.5. The van der Waals surface area contributed by atoms with Gasteiger partial charge in [0.1, 0.15) is 5.82 Å². The highest BCUT2D eigenvalue weighted by Crippen LogP contribution is 2.21. The number of halogens is 2. The third-order valence-electron chi connectivity index (χ3n) is 3.14. The highest BCUT2D eigenvalue weighted by molar-refractivity contribution is 5.94. The Morgan fingerprint density at radius 2 is 1.62 bits per heavy atom. The number of nitro groups is 1. The minimum atomic E-state index is -1.28. The number of rotatable bonds is 9. The van der Waals surface area contributed by atoms with Crippen molar-refractivity contribution >= 4 is 17.7 Å². The molecule has 0 saturated heterocycles. The number of nitrogens with one attached hydrogen (secondary N) is 2. The van der Waals surface area contributed by atoms with Gasteiger partial charge in [-0.15, -0.1) is 0 Å². The molecule has 0 heterocycles. The largest absolute Gasteiger partial charge is 0.465 e. The van der Waals surface area contributed by atoms with Crippen molar-refractivity contribution in [1.29, 1.82) is 0 Å². The zero-order chi connectivity index (χ0) is 18.1. The van der Waals surface area contributed by atoms with E-state index >= 15 is 0 Å². The Morgan fingerprint density at radius 3 is 2.17 bits per heavy atom. The first-order valence-electron chi connectivity index (χ1n) is 7.21. The third-order valence-corrected chi connectivity index (χ3v) is 3.14. The predicted octanol–water partition coefficient (Wildman–Crippen LogP) is 2.43. The molecule has 0 aliphatic heterocycles. The molecule has 132 valence electrons. The van der Waals surface area contributed by atoms with Crippen molar-refractivity contribution < 1.29 is 28.4 Å². The SMILES string of the molecule is O=C(O)NCCCCCCNC(=O)c1cc(F)c([N+](=O)[O-])cc1F. The normalized spacial score (nSPS) is 10.2. The molecular formula is C14H17F2N3O5. The first-order valence-corrected chi connectivity index (χ1v) is 7.21. The lowest BCUT2D eigenvalue weighted by Gasteiger charge is -2.07. The average molecular weight is 345 g/mol. The van der Waals surface area contributed by atoms with Crippen LogP contribution in [0.4, 0.5) is 19.3 Å². The molecule has 1 rings (SSSR count). The first kappa shape index (κ1) is 19.3. The van der Waals surface area contributed by atoms with Gasteiger partial charge < -0.3 is 15.7 Å². The van der Waals surface area contributed by atoms with Crippen LogP contribution in [0.5, 0.6) is 0 Å². The molecule has 3 N–H and O–H groups in total. The van der Waals surface area contributed by atoms with Crippen LogP contribution < -0.4 is 10.6 Å². The van der Waals surface area contributed by atoms with Crippen molar-refractivity contribution in [3.05, 3.63) is 39.4 Å². The van der Waals surface area contributed by atoms with Crippen LogP contribution in [-0.4, -0.2) is 35.1 Å². The van der Waals surface area contributed by atoms with E-state index in [1.807, 2.05) is 0 Å². The third kappa shape index (κ3) is 6.15. The van der Waals surface area contributed by atoms with Gasteiger partial charge in [0.05, 0.1) is 16.6 Å². The van der Waals surface area contributed by atoms with Gasteiger partial charge in [0, 0.05) is 13.1 Å². The number of hydrogen-bond acceptors (Lipinski definition) is 4. The van der Waals surface area contributed by atoms with Gasteiger partial charge in [-0.25, -0.2) is 9.18 Å². The van der Waals surface area contributed by atoms with Crippen molar-refractivity contribution in [2.45, 2.75) is 25.7 Å². The first-order chi connectivity index (χ1) is 11.3. The molecule has 1 aromatic carbocycles. The van der Waals surface area contributed by atoms with Gasteiger partial charge in [-0.2, -0.15) is 4.39 Å². The van der Waals surface area contributed by atoms with Gasteiger partial charge in [-0.1, -0.05) is 12.8 Å². The summed E-state index contributed by atoms with van der Waals surface area (Å²) >= 11 is 0. The standard InChI is InChI=1S/C14H17F2N3O5/c15-10-8-12(19(23)24)11(16)7-9(10)13(20)17-5-3-1-2-4-6-18-14(21)22/h7-8,18H,1-6H2,(H,17,20)(H,21,22). The number of nitro benzene ring substituents is 1. The van der Waals surface area contributed by atoms with Crippen LogP contribution in [0.1, 0.15) is 36.0 Å². The Hall–Kier alpha value is -2.78. The number of unbranched alkanes of at least 4 members (excludes halogenated alkanes) is 3. The van der Waals surface area contributed by atoms with Gasteiger partial charge in [-0.3, -0.25) is 14.9 Å². The summed E-state index contributed by atoms with van der Waals surface area (Å²) in [6.07, 6.45) is 1.62. The van der Waals surface area contributed by atoms with Crippen molar-refractivity contribution in [1.82, 2.24) is 10.6 Å². The average Bonchev–Trinajstić information content (AvgIpc) is 2.50. The van der Waals surface area contributed by atoms with Gasteiger partial charge >= 0.3 is 11.8 Å². The number of nitrogens with zero attached hydrogens (tertiary/aromatic N) is 1. The molecule has 0 saturated carbocycles. The zero-order valence-electron chi connectivity index (χ0n) is 12.7. The highest BCUT2D eigenvalue weighted by Gasteiger charge is 2.21. The maximum absolute atomic E-state index is 13.6. The quantitative estimate of drug-likeness (QED) is 0.360. The second-order valence-electron chi connectivity index (χ2n) is 4.94. The molecule has 0 unspecified atom stereocenters. The number of carboxylic acid groups (broad SMARTS) is 1. The Labute approximate surface area is 136 Å². The molecule has 1 aromatic rings. The van der Waals surface area contributed by atoms with Gasteiger partial charge in [-0.05, 0) is 18.9 Å². The Balaban J connectivity index is 2.37. The summed E-state index contributed by atoms with van der Waals surface area (Å²) in [5.74, 6) is -3.30. The van der Waals surface area contributed by atoms with E-state index in [4.69, 9.17) is 5.11 Å². The molecule has 0 fully saturated rings. The summed E-state index contributed by atoms with van der Waals surface area (Å²) in [6.45, 7) is 0.568. The van der Waals surface area contributed by atoms with E-state index in [9.17, 15) is 28.5 Å². The maximum Gasteiger partial charge on any atom is 0.404 e. The predicted molar refractivity (Wildman–Crippen MR) is 79.8 cm³/mol. The molecule has 2 amide bonds. The molecule has 0 aliphatic rings. The van der Waals surface area contributed by atoms with E-state index < -0.39 is 39.8 Å². The topological polar surface area (TPSA) is 122 Å². The molecular weight excluding hydrogens is 328 g/mol. The van der Waals surface area contributed by atoms with E-state index in [2.05, 4.69) is 10.6 Å². The number of carbonyl (C=O) groups is 2. The highest BCUT2D eigenvalue weighted by atomic mass is 19.1. The number of amides is 2. The smallest absolute Gasteiger partial charge is 0.404 e. The van der Waals surface area contributed by atoms with Crippen LogP contribution in [0.2, 0.25) is 0 Å². The second-order valence-corrected chi connectivity index (χ2v) is 4.94. The summed E-state index contributed by atoms with van der Waals surface area (Å²) in [7, 11) is 0. The van der Waals surface area contributed by atoms with Crippen molar-refractivity contribution in [3.8, 4) is 0 Å². The van der Waals surface area contributed by atoms with Crippen molar-refractivity contribution in [3.63, 3.8) is 0 Å². The molecule has 0 atom stereocenters. The molecule has 8 nitrogen and oxygen atoms in total. The fraction of sp³-hybridized carbons (Fsp3) is 0.429. The van der Waals surface area contributed by atoms with Crippen molar-refractivity contribution in [2.75, 3.05) is 13.1 Å². The minimum absolute atomic E-state index is 0.225. The summed E-state index contributed by atoms with van der Waals surface area (Å²) in [6, 6.07) is 0.875. The lowest BCUT2D eigenvalue weighted by Crippen LogP contribution is -2.25. The fourth-order valence-electron chi connectivity index (χ4n) is 1.95. The zero-order valence-corrected chi connectivity index (χ0v) is 12.7. The number of hydrogen-bond donors (Lipinski definition) is 3. The lowest BCUT2D eigenvalue weighted by atomic mass is 10.1. The molecule has 0 bridgehead atoms. The maximum atomic E-state index is 13.6. The lowest BCUT2D eigenvalue weighted by molar-refractivity contribution is -0.387. The molecule has 0 radical (unpaired) electrons. The van der Waals surface area contributed by atoms with Crippen LogP contribution in [0, 0.1) is 21.7 Å². The second kappa shape index (κ2) is 9.38. The molecule has 24 heavy (non-hydrogen) atoms. The number of carbonyl (C=O) groups excluding carboxylic acids is 1. The van der Waals surface area contributed by atoms with E-state index in [-0.39, 0.29) is 6.54 Å². The Bertz CT molecular complexity index is 625. The van der Waals surface area contributed by atoms with Gasteiger partial charge in [0.2, 0.25) is 5.82 Å². The van der Waals surface area contributed by atoms with Gasteiger partial charge in [0.15, 0.2) is 0 Å². The monoisotopic (exact) mass is 345 g/mol. The van der Waals surface area contributed by atoms with E-state index in [0.29, 0.717) is 31.5 Å². The van der Waals surface area contributed by atoms with E-state index in [0.717, 1.165) is 12.8 Å². The van der Waals surface area contributed by atoms with Crippen LogP contribution in [-0.2, 0) is 0 Å². The number of benzene rings is 1. The molecule has 0 aliphatic carbocycles. The Morgan fingerprint density at radius 1 is 1.04 bits per heavy atom. The molecule has 0 aromatic heterocycles. The molecule has 10 heteroatoms. The van der Waals surface area contributed by atoms with Crippen molar-refractivity contribution in [2.24, 2.45) is 0 Å². The fourth-order valence-corrected chi connectivity index (χ4v) is 1.95. The van der Waals surface area contributed by atoms with Crippen LogP contribution in [0.25, 0.3) is 0 Å². The van der Waals surface area contributed by atoms with E-state index in [1.165, 1.54) is 0 Å². The summed E-state index contributed by atoms with van der Waals surface area (Å²) in [4.78, 5) is 31.3. The van der Waals surface area contributed by atoms with Gasteiger partial charge in [0.25, 0.3) is 5.91 Å². The summed E-state index contributed by atoms with van der Waals surface area (Å²) < 4.78 is 27.1. The molecule has 0 spiro atoms. The Kier molecular flexibility index (Phi) is 7.53. The van der Waals surface area contributed by atoms with Crippen LogP contribution in [0.3, 0.4) is 0 Å². The summed E-state index contributed by atoms with van der Waals surface area (Å²) in [5.41, 5.74) is -1.62. The van der Waals surface area contributed by atoms with Crippen LogP contribution in [0.15, 0.2) is 12.1 Å². The van der Waals surface area contributed by atoms with E-state index in [1.54, 1.807) is 0 Å². The minimum Gasteiger partial charge on any atom is -0.465 e. The van der Waals surface area contributed by atoms with Crippen LogP contribution >= 0.6 is 0 Å².